The van der Waals surface area contributed by atoms with E-state index < -0.39 is 6.04 Å². The van der Waals surface area contributed by atoms with E-state index in [-0.39, 0.29) is 17.9 Å². The number of nitrogens with one attached hydrogen (secondary N) is 1. The molecule has 1 saturated heterocycles. The predicted molar refractivity (Wildman–Crippen MR) is 82.5 cm³/mol. The average Bonchev–Trinajstić information content (AvgIpc) is 2.46. The van der Waals surface area contributed by atoms with Crippen LogP contribution in [-0.2, 0) is 9.59 Å². The molecule has 0 aliphatic carbocycles. The van der Waals surface area contributed by atoms with Gasteiger partial charge in [-0.3, -0.25) is 14.5 Å². The van der Waals surface area contributed by atoms with Crippen LogP contribution in [0, 0.1) is 0 Å². The Balaban J connectivity index is 2.05. The van der Waals surface area contributed by atoms with E-state index in [0.29, 0.717) is 24.3 Å². The molecule has 1 aliphatic heterocycles. The van der Waals surface area contributed by atoms with Gasteiger partial charge in [0.1, 0.15) is 0 Å². The van der Waals surface area contributed by atoms with Gasteiger partial charge in [-0.25, -0.2) is 0 Å². The van der Waals surface area contributed by atoms with Crippen molar-refractivity contribution in [1.29, 1.82) is 0 Å². The van der Waals surface area contributed by atoms with E-state index in [1.165, 1.54) is 0 Å². The fraction of sp³-hybridized carbons (Fsp3) is 0.467. The number of hydrogen-bond acceptors (Lipinski definition) is 4. The lowest BCUT2D eigenvalue weighted by atomic mass is 9.99. The van der Waals surface area contributed by atoms with E-state index in [2.05, 4.69) is 5.32 Å². The molecule has 2 amide bonds. The summed E-state index contributed by atoms with van der Waals surface area (Å²) in [4.78, 5) is 25.8. The molecule has 21 heavy (non-hydrogen) atoms. The average molecular weight is 290 g/mol. The van der Waals surface area contributed by atoms with Crippen LogP contribution < -0.4 is 16.8 Å². The van der Waals surface area contributed by atoms with Gasteiger partial charge >= 0.3 is 0 Å². The predicted octanol–water partition coefficient (Wildman–Crippen LogP) is 0.936. The number of benzene rings is 1. The van der Waals surface area contributed by atoms with Crippen molar-refractivity contribution in [2.75, 3.05) is 17.6 Å². The number of hydrogen-bond donors (Lipinski definition) is 3. The molecule has 5 N–H and O–H groups in total. The number of amides is 2. The summed E-state index contributed by atoms with van der Waals surface area (Å²) >= 11 is 0. The van der Waals surface area contributed by atoms with Gasteiger partial charge < -0.3 is 16.8 Å². The number of nitrogens with zero attached hydrogens (tertiary/aromatic N) is 1. The molecular weight excluding hydrogens is 268 g/mol. The van der Waals surface area contributed by atoms with Gasteiger partial charge in [0.2, 0.25) is 11.8 Å². The second kappa shape index (κ2) is 6.58. The quantitative estimate of drug-likeness (QED) is 0.718. The van der Waals surface area contributed by atoms with Crippen molar-refractivity contribution in [3.8, 4) is 0 Å². The molecule has 1 aromatic carbocycles. The third-order valence-electron chi connectivity index (χ3n) is 3.90. The molecule has 6 heteroatoms. The van der Waals surface area contributed by atoms with Crippen LogP contribution in [0.25, 0.3) is 0 Å². The molecule has 1 aromatic rings. The van der Waals surface area contributed by atoms with Crippen LogP contribution in [0.15, 0.2) is 24.3 Å². The first-order valence-electron chi connectivity index (χ1n) is 7.20. The standard InChI is InChI=1S/C15H22N4O2/c1-10(19-8-3-2-7-13(19)14(17)20)15(21)18-12-6-4-5-11(16)9-12/h4-6,9-10,13H,2-3,7-8,16H2,1H3,(H2,17,20)(H,18,21). The van der Waals surface area contributed by atoms with E-state index in [1.54, 1.807) is 31.2 Å². The summed E-state index contributed by atoms with van der Waals surface area (Å²) in [6.45, 7) is 2.50. The Labute approximate surface area is 124 Å². The molecule has 1 aliphatic rings. The maximum Gasteiger partial charge on any atom is 0.241 e. The van der Waals surface area contributed by atoms with E-state index >= 15 is 0 Å². The second-order valence-corrected chi connectivity index (χ2v) is 5.44. The monoisotopic (exact) mass is 290 g/mol. The molecule has 6 nitrogen and oxygen atoms in total. The summed E-state index contributed by atoms with van der Waals surface area (Å²) < 4.78 is 0. The first-order valence-corrected chi connectivity index (χ1v) is 7.20. The number of rotatable bonds is 4. The molecule has 1 fully saturated rings. The van der Waals surface area contributed by atoms with Gasteiger partial charge in [-0.05, 0) is 44.5 Å². The smallest absolute Gasteiger partial charge is 0.241 e. The van der Waals surface area contributed by atoms with E-state index in [4.69, 9.17) is 11.5 Å². The van der Waals surface area contributed by atoms with Crippen LogP contribution in [0.5, 0.6) is 0 Å². The van der Waals surface area contributed by atoms with Crippen molar-refractivity contribution in [2.24, 2.45) is 5.73 Å². The number of carbonyl (C=O) groups is 2. The van der Waals surface area contributed by atoms with Crippen molar-refractivity contribution >= 4 is 23.2 Å². The zero-order valence-corrected chi connectivity index (χ0v) is 12.2. The number of piperidine rings is 1. The summed E-state index contributed by atoms with van der Waals surface area (Å²) in [5.41, 5.74) is 12.4. The molecule has 0 bridgehead atoms. The largest absolute Gasteiger partial charge is 0.399 e. The Morgan fingerprint density at radius 3 is 2.81 bits per heavy atom. The van der Waals surface area contributed by atoms with Crippen molar-refractivity contribution < 1.29 is 9.59 Å². The minimum absolute atomic E-state index is 0.159. The molecule has 2 unspecified atom stereocenters. The van der Waals surface area contributed by atoms with Crippen LogP contribution in [-0.4, -0.2) is 35.3 Å². The Kier molecular flexibility index (Phi) is 4.80. The lowest BCUT2D eigenvalue weighted by Crippen LogP contribution is -2.54. The molecule has 1 heterocycles. The minimum Gasteiger partial charge on any atom is -0.399 e. The molecule has 0 aromatic heterocycles. The fourth-order valence-electron chi connectivity index (χ4n) is 2.74. The number of likely N-dealkylation sites (tertiary alicyclic amines) is 1. The lowest BCUT2D eigenvalue weighted by Gasteiger charge is -2.37. The number of primary amides is 1. The third-order valence-corrected chi connectivity index (χ3v) is 3.90. The first-order chi connectivity index (χ1) is 9.99. The van der Waals surface area contributed by atoms with Crippen LogP contribution in [0.1, 0.15) is 26.2 Å². The van der Waals surface area contributed by atoms with Gasteiger partial charge in [-0.1, -0.05) is 12.5 Å². The molecule has 2 atom stereocenters. The lowest BCUT2D eigenvalue weighted by molar-refractivity contribution is -0.129. The molecular formula is C15H22N4O2. The van der Waals surface area contributed by atoms with Crippen LogP contribution >= 0.6 is 0 Å². The summed E-state index contributed by atoms with van der Waals surface area (Å²) in [5.74, 6) is -0.521. The van der Waals surface area contributed by atoms with Gasteiger partial charge in [0.25, 0.3) is 0 Å². The third kappa shape index (κ3) is 3.72. The van der Waals surface area contributed by atoms with Gasteiger partial charge in [-0.15, -0.1) is 0 Å². The summed E-state index contributed by atoms with van der Waals surface area (Å²) in [7, 11) is 0. The summed E-state index contributed by atoms with van der Waals surface area (Å²) in [6, 6.07) is 6.25. The Hall–Kier alpha value is -2.08. The van der Waals surface area contributed by atoms with Crippen molar-refractivity contribution in [3.63, 3.8) is 0 Å². The van der Waals surface area contributed by atoms with Gasteiger partial charge in [0, 0.05) is 11.4 Å². The molecule has 2 rings (SSSR count). The van der Waals surface area contributed by atoms with Crippen molar-refractivity contribution in [3.05, 3.63) is 24.3 Å². The molecule has 0 spiro atoms. The summed E-state index contributed by atoms with van der Waals surface area (Å²) in [6.07, 6.45) is 2.65. The normalized spacial score (nSPS) is 20.7. The van der Waals surface area contributed by atoms with E-state index in [9.17, 15) is 9.59 Å². The number of nitrogen functional groups attached to an aromatic ring is 1. The van der Waals surface area contributed by atoms with Crippen LogP contribution in [0.3, 0.4) is 0 Å². The number of anilines is 2. The highest BCUT2D eigenvalue weighted by Gasteiger charge is 2.33. The molecule has 114 valence electrons. The Bertz CT molecular complexity index is 532. The summed E-state index contributed by atoms with van der Waals surface area (Å²) in [5, 5.41) is 2.83. The first kappa shape index (κ1) is 15.3. The highest BCUT2D eigenvalue weighted by molar-refractivity contribution is 5.95. The number of carbonyl (C=O) groups excluding carboxylic acids is 2. The van der Waals surface area contributed by atoms with Gasteiger partial charge in [-0.2, -0.15) is 0 Å². The Morgan fingerprint density at radius 2 is 2.14 bits per heavy atom. The van der Waals surface area contributed by atoms with Crippen LogP contribution in [0.4, 0.5) is 11.4 Å². The maximum atomic E-state index is 12.3. The van der Waals surface area contributed by atoms with Crippen molar-refractivity contribution in [1.82, 2.24) is 4.90 Å². The van der Waals surface area contributed by atoms with E-state index in [0.717, 1.165) is 12.8 Å². The fourth-order valence-corrected chi connectivity index (χ4v) is 2.74. The van der Waals surface area contributed by atoms with Gasteiger partial charge in [0.05, 0.1) is 12.1 Å². The Morgan fingerprint density at radius 1 is 1.38 bits per heavy atom. The minimum atomic E-state index is -0.413. The molecule has 0 saturated carbocycles. The highest BCUT2D eigenvalue weighted by atomic mass is 16.2. The maximum absolute atomic E-state index is 12.3. The zero-order valence-electron chi connectivity index (χ0n) is 12.2. The molecule has 0 radical (unpaired) electrons. The van der Waals surface area contributed by atoms with Crippen molar-refractivity contribution in [2.45, 2.75) is 38.3 Å². The number of nitrogens with two attached hydrogens (primary N) is 2. The SMILES string of the molecule is CC(C(=O)Nc1cccc(N)c1)N1CCCCC1C(N)=O. The van der Waals surface area contributed by atoms with Gasteiger partial charge in [0.15, 0.2) is 0 Å². The van der Waals surface area contributed by atoms with Crippen LogP contribution in [0.2, 0.25) is 0 Å². The van der Waals surface area contributed by atoms with E-state index in [1.807, 2.05) is 4.90 Å². The second-order valence-electron chi connectivity index (χ2n) is 5.44. The highest BCUT2D eigenvalue weighted by Crippen LogP contribution is 2.20. The topological polar surface area (TPSA) is 101 Å². The zero-order chi connectivity index (χ0) is 15.4.